The Hall–Kier alpha value is -1.18. The first-order valence-electron chi connectivity index (χ1n) is 8.28. The fourth-order valence-electron chi connectivity index (χ4n) is 3.51. The predicted molar refractivity (Wildman–Crippen MR) is 84.6 cm³/mol. The molecular formula is C19H26F2. The zero-order valence-corrected chi connectivity index (χ0v) is 13.0. The molecule has 0 spiro atoms. The van der Waals surface area contributed by atoms with Crippen molar-refractivity contribution in [3.05, 3.63) is 47.5 Å². The molecule has 1 saturated carbocycles. The lowest BCUT2D eigenvalue weighted by atomic mass is 9.77. The third-order valence-electron chi connectivity index (χ3n) is 4.76. The van der Waals surface area contributed by atoms with Crippen LogP contribution in [0.1, 0.15) is 68.9 Å². The summed E-state index contributed by atoms with van der Waals surface area (Å²) in [6.45, 7) is 2.25. The molecule has 0 aromatic heterocycles. The second-order valence-electron chi connectivity index (χ2n) is 6.26. The fraction of sp³-hybridized carbons (Fsp3) is 0.579. The van der Waals surface area contributed by atoms with E-state index >= 15 is 0 Å². The fourth-order valence-corrected chi connectivity index (χ4v) is 3.51. The van der Waals surface area contributed by atoms with Crippen LogP contribution in [0, 0.1) is 11.7 Å². The number of halogens is 2. The molecule has 0 nitrogen and oxygen atoms in total. The molecular weight excluding hydrogens is 266 g/mol. The Labute approximate surface area is 127 Å². The highest BCUT2D eigenvalue weighted by Gasteiger charge is 2.22. The van der Waals surface area contributed by atoms with Crippen molar-refractivity contribution in [2.45, 2.75) is 64.2 Å². The molecule has 0 heterocycles. The van der Waals surface area contributed by atoms with Crippen molar-refractivity contribution in [3.8, 4) is 0 Å². The van der Waals surface area contributed by atoms with Crippen LogP contribution in [-0.4, -0.2) is 0 Å². The number of hydrogen-bond donors (Lipinski definition) is 0. The van der Waals surface area contributed by atoms with Crippen LogP contribution < -0.4 is 0 Å². The van der Waals surface area contributed by atoms with Gasteiger partial charge in [0.2, 0.25) is 0 Å². The van der Waals surface area contributed by atoms with Crippen LogP contribution in [0.15, 0.2) is 30.6 Å². The summed E-state index contributed by atoms with van der Waals surface area (Å²) in [6, 6.07) is 5.66. The summed E-state index contributed by atoms with van der Waals surface area (Å²) in [5.41, 5.74) is 1.84. The maximum absolute atomic E-state index is 14.1. The van der Waals surface area contributed by atoms with Gasteiger partial charge in [-0.3, -0.25) is 0 Å². The summed E-state index contributed by atoms with van der Waals surface area (Å²) in [6.07, 6.45) is 10.6. The van der Waals surface area contributed by atoms with Crippen LogP contribution in [-0.2, 0) is 6.42 Å². The number of rotatable bonds is 6. The number of hydrogen-bond acceptors (Lipinski definition) is 0. The highest BCUT2D eigenvalue weighted by atomic mass is 19.1. The van der Waals surface area contributed by atoms with E-state index < -0.39 is 0 Å². The minimum atomic E-state index is -0.129. The average Bonchev–Trinajstić information content (AvgIpc) is 2.50. The van der Waals surface area contributed by atoms with Crippen LogP contribution in [0.5, 0.6) is 0 Å². The molecule has 1 aliphatic carbocycles. The first-order chi connectivity index (χ1) is 10.2. The van der Waals surface area contributed by atoms with Gasteiger partial charge >= 0.3 is 0 Å². The first-order valence-corrected chi connectivity index (χ1v) is 8.28. The van der Waals surface area contributed by atoms with E-state index in [4.69, 9.17) is 0 Å². The van der Waals surface area contributed by atoms with Gasteiger partial charge in [0.25, 0.3) is 0 Å². The third-order valence-corrected chi connectivity index (χ3v) is 4.76. The van der Waals surface area contributed by atoms with Gasteiger partial charge < -0.3 is 0 Å². The smallest absolute Gasteiger partial charge is 0.126 e. The average molecular weight is 292 g/mol. The van der Waals surface area contributed by atoms with Gasteiger partial charge in [0, 0.05) is 0 Å². The van der Waals surface area contributed by atoms with Gasteiger partial charge in [-0.15, -0.1) is 0 Å². The maximum atomic E-state index is 14.1. The molecule has 116 valence electrons. The summed E-state index contributed by atoms with van der Waals surface area (Å²) < 4.78 is 26.0. The van der Waals surface area contributed by atoms with Crippen LogP contribution in [0.4, 0.5) is 8.78 Å². The standard InChI is InChI=1S/C19H26F2/c1-2-5-15-7-9-16(10-8-15)18-12-11-17(19(21)14-18)6-3-4-13-20/h4,11-16H,2-3,5-10H2,1H3. The van der Waals surface area contributed by atoms with Crippen LogP contribution in [0.3, 0.4) is 0 Å². The molecule has 1 aromatic carbocycles. The van der Waals surface area contributed by atoms with Gasteiger partial charge in [0.05, 0.1) is 6.33 Å². The van der Waals surface area contributed by atoms with Crippen LogP contribution in [0.25, 0.3) is 0 Å². The zero-order chi connectivity index (χ0) is 15.1. The van der Waals surface area contributed by atoms with Gasteiger partial charge in [0.15, 0.2) is 0 Å². The van der Waals surface area contributed by atoms with E-state index in [9.17, 15) is 8.78 Å². The summed E-state index contributed by atoms with van der Waals surface area (Å²) >= 11 is 0. The highest BCUT2D eigenvalue weighted by Crippen LogP contribution is 2.37. The van der Waals surface area contributed by atoms with Gasteiger partial charge in [0.1, 0.15) is 5.82 Å². The van der Waals surface area contributed by atoms with E-state index in [1.807, 2.05) is 6.07 Å². The molecule has 0 N–H and O–H groups in total. The van der Waals surface area contributed by atoms with Gasteiger partial charge in [-0.1, -0.05) is 38.0 Å². The van der Waals surface area contributed by atoms with Crippen molar-refractivity contribution in [1.29, 1.82) is 0 Å². The highest BCUT2D eigenvalue weighted by molar-refractivity contribution is 5.27. The predicted octanol–water partition coefficient (Wildman–Crippen LogP) is 6.32. The van der Waals surface area contributed by atoms with Crippen molar-refractivity contribution < 1.29 is 8.78 Å². The third kappa shape index (κ3) is 4.66. The Morgan fingerprint density at radius 1 is 1.19 bits per heavy atom. The lowest BCUT2D eigenvalue weighted by Crippen LogP contribution is -2.13. The largest absolute Gasteiger partial charge is 0.216 e. The number of allylic oxidation sites excluding steroid dienone is 1. The van der Waals surface area contributed by atoms with Crippen LogP contribution >= 0.6 is 0 Å². The van der Waals surface area contributed by atoms with E-state index in [2.05, 4.69) is 13.0 Å². The monoisotopic (exact) mass is 292 g/mol. The van der Waals surface area contributed by atoms with Crippen molar-refractivity contribution in [2.75, 3.05) is 0 Å². The lowest BCUT2D eigenvalue weighted by molar-refractivity contribution is 0.308. The molecule has 0 aliphatic heterocycles. The van der Waals surface area contributed by atoms with Crippen molar-refractivity contribution in [3.63, 3.8) is 0 Å². The lowest BCUT2D eigenvalue weighted by Gasteiger charge is -2.28. The minimum absolute atomic E-state index is 0.129. The molecule has 0 amide bonds. The molecule has 2 heteroatoms. The summed E-state index contributed by atoms with van der Waals surface area (Å²) in [4.78, 5) is 0. The van der Waals surface area contributed by atoms with Crippen LogP contribution in [0.2, 0.25) is 0 Å². The molecule has 0 unspecified atom stereocenters. The molecule has 1 aliphatic rings. The van der Waals surface area contributed by atoms with Gasteiger partial charge in [-0.05, 0) is 67.6 Å². The Morgan fingerprint density at radius 3 is 2.57 bits per heavy atom. The first kappa shape index (κ1) is 16.2. The van der Waals surface area contributed by atoms with Gasteiger partial charge in [-0.25, -0.2) is 8.78 Å². The zero-order valence-electron chi connectivity index (χ0n) is 13.0. The van der Waals surface area contributed by atoms with Crippen molar-refractivity contribution in [1.82, 2.24) is 0 Å². The molecule has 1 aromatic rings. The quantitative estimate of drug-likeness (QED) is 0.576. The second kappa shape index (κ2) is 8.31. The molecule has 21 heavy (non-hydrogen) atoms. The molecule has 0 atom stereocenters. The maximum Gasteiger partial charge on any atom is 0.126 e. The van der Waals surface area contributed by atoms with E-state index in [0.29, 0.717) is 30.7 Å². The van der Waals surface area contributed by atoms with E-state index in [1.165, 1.54) is 44.6 Å². The van der Waals surface area contributed by atoms with E-state index in [1.54, 1.807) is 6.07 Å². The molecule has 0 saturated heterocycles. The number of aryl methyl sites for hydroxylation is 1. The Balaban J connectivity index is 1.94. The summed E-state index contributed by atoms with van der Waals surface area (Å²) in [5.74, 6) is 1.27. The van der Waals surface area contributed by atoms with Crippen molar-refractivity contribution in [2.24, 2.45) is 5.92 Å². The Kier molecular flexibility index (Phi) is 6.41. The minimum Gasteiger partial charge on any atom is -0.216 e. The number of benzene rings is 1. The van der Waals surface area contributed by atoms with E-state index in [-0.39, 0.29) is 5.82 Å². The topological polar surface area (TPSA) is 0 Å². The summed E-state index contributed by atoms with van der Waals surface area (Å²) in [5, 5.41) is 0. The molecule has 0 bridgehead atoms. The molecule has 2 rings (SSSR count). The SMILES string of the molecule is CCCC1CCC(c2ccc(CCC=CF)c(F)c2)CC1. The molecule has 1 fully saturated rings. The Bertz CT molecular complexity index is 457. The normalized spacial score (nSPS) is 22.8. The Morgan fingerprint density at radius 2 is 1.95 bits per heavy atom. The van der Waals surface area contributed by atoms with Crippen molar-refractivity contribution >= 4 is 0 Å². The van der Waals surface area contributed by atoms with Gasteiger partial charge in [-0.2, -0.15) is 0 Å². The van der Waals surface area contributed by atoms with E-state index in [0.717, 1.165) is 11.5 Å². The summed E-state index contributed by atoms with van der Waals surface area (Å²) in [7, 11) is 0. The second-order valence-corrected chi connectivity index (χ2v) is 6.26. The molecule has 0 radical (unpaired) electrons.